The zero-order valence-electron chi connectivity index (χ0n) is 9.32. The van der Waals surface area contributed by atoms with E-state index in [-0.39, 0.29) is 18.3 Å². The van der Waals surface area contributed by atoms with Gasteiger partial charge in [-0.3, -0.25) is 4.79 Å². The van der Waals surface area contributed by atoms with Gasteiger partial charge < -0.3 is 18.8 Å². The van der Waals surface area contributed by atoms with Crippen molar-refractivity contribution < 1.29 is 40.8 Å². The van der Waals surface area contributed by atoms with Crippen LogP contribution in [-0.2, 0) is 29.1 Å². The second-order valence-corrected chi connectivity index (χ2v) is 6.25. The van der Waals surface area contributed by atoms with Crippen molar-refractivity contribution in [1.29, 1.82) is 0 Å². The highest BCUT2D eigenvalue weighted by atomic mass is 32.2. The fourth-order valence-corrected chi connectivity index (χ4v) is 2.72. The number of epoxide rings is 1. The van der Waals surface area contributed by atoms with Gasteiger partial charge in [0.1, 0.15) is 18.3 Å². The number of hydrogen-bond donors (Lipinski definition) is 0. The summed E-state index contributed by atoms with van der Waals surface area (Å²) in [6.07, 6.45) is -0.714. The van der Waals surface area contributed by atoms with Gasteiger partial charge in [0.05, 0.1) is 12.0 Å². The molecule has 0 N–H and O–H groups in total. The summed E-state index contributed by atoms with van der Waals surface area (Å²) in [5.74, 6) is -1.75. The molecule has 0 amide bonds. The zero-order chi connectivity index (χ0) is 14.0. The third-order valence-corrected chi connectivity index (χ3v) is 4.37. The second-order valence-electron chi connectivity index (χ2n) is 4.75. The average Bonchev–Trinajstić information content (AvgIpc) is 2.90. The number of esters is 1. The van der Waals surface area contributed by atoms with Gasteiger partial charge >= 0.3 is 11.2 Å². The molecule has 3 rings (SSSR count). The number of carbonyl (C=O) groups is 1. The van der Waals surface area contributed by atoms with Crippen molar-refractivity contribution in [2.75, 3.05) is 6.61 Å². The highest BCUT2D eigenvalue weighted by Crippen LogP contribution is 2.51. The van der Waals surface area contributed by atoms with E-state index in [1.165, 1.54) is 0 Å². The minimum absolute atomic E-state index is 0.0301. The van der Waals surface area contributed by atoms with E-state index in [1.54, 1.807) is 0 Å². The van der Waals surface area contributed by atoms with Crippen LogP contribution in [0.1, 0.15) is 6.42 Å². The molecule has 0 spiro atoms. The fraction of sp³-hybridized carbons (Fsp3) is 0.889. The van der Waals surface area contributed by atoms with E-state index in [4.69, 9.17) is 9.47 Å². The van der Waals surface area contributed by atoms with Crippen molar-refractivity contribution in [2.24, 2.45) is 5.92 Å². The van der Waals surface area contributed by atoms with Crippen LogP contribution in [0.3, 0.4) is 0 Å². The minimum atomic E-state index is -5.85. The Labute approximate surface area is 106 Å². The molecule has 3 fully saturated rings. The normalized spacial score (nSPS) is 40.1. The van der Waals surface area contributed by atoms with Crippen molar-refractivity contribution in [3.8, 4) is 0 Å². The standard InChI is InChI=1S/C9H10F2O7S/c10-9(11,19(13,14)15)2-16-8(12)3-1-4-6-7(18-6)5(3)17-4/h3-7H,1-2H2,(H,13,14,15)/p-1. The number of hydrogen-bond acceptors (Lipinski definition) is 7. The first kappa shape index (κ1) is 13.2. The summed E-state index contributed by atoms with van der Waals surface area (Å²) >= 11 is 0. The lowest BCUT2D eigenvalue weighted by molar-refractivity contribution is -0.156. The van der Waals surface area contributed by atoms with Crippen molar-refractivity contribution in [2.45, 2.75) is 36.1 Å². The first-order valence-electron chi connectivity index (χ1n) is 5.51. The van der Waals surface area contributed by atoms with Gasteiger partial charge in [0.2, 0.25) is 0 Å². The molecule has 5 atom stereocenters. The smallest absolute Gasteiger partial charge is 0.367 e. The van der Waals surface area contributed by atoms with Crippen LogP contribution in [-0.4, -0.2) is 55.2 Å². The Bertz CT molecular complexity index is 519. The predicted octanol–water partition coefficient (Wildman–Crippen LogP) is -0.778. The van der Waals surface area contributed by atoms with Crippen molar-refractivity contribution >= 4 is 16.1 Å². The molecule has 0 aromatic heterocycles. The summed E-state index contributed by atoms with van der Waals surface area (Å²) in [5.41, 5.74) is 0. The molecule has 0 aliphatic carbocycles. The molecule has 3 saturated heterocycles. The summed E-state index contributed by atoms with van der Waals surface area (Å²) in [7, 11) is -5.85. The molecule has 10 heteroatoms. The summed E-state index contributed by atoms with van der Waals surface area (Å²) < 4.78 is 71.1. The van der Waals surface area contributed by atoms with Crippen LogP contribution in [0.5, 0.6) is 0 Å². The van der Waals surface area contributed by atoms with Crippen LogP contribution in [0.2, 0.25) is 0 Å². The van der Waals surface area contributed by atoms with Crippen LogP contribution in [0.15, 0.2) is 0 Å². The maximum absolute atomic E-state index is 12.8. The first-order valence-corrected chi connectivity index (χ1v) is 6.92. The molecule has 3 aliphatic heterocycles. The topological polar surface area (TPSA) is 105 Å². The van der Waals surface area contributed by atoms with Gasteiger partial charge in [-0.15, -0.1) is 0 Å². The van der Waals surface area contributed by atoms with E-state index in [1.807, 2.05) is 0 Å². The van der Waals surface area contributed by atoms with Gasteiger partial charge in [-0.2, -0.15) is 8.78 Å². The third kappa shape index (κ3) is 2.02. The van der Waals surface area contributed by atoms with Crippen LogP contribution in [0.4, 0.5) is 8.78 Å². The van der Waals surface area contributed by atoms with Crippen LogP contribution in [0, 0.1) is 5.92 Å². The van der Waals surface area contributed by atoms with Crippen molar-refractivity contribution in [3.63, 3.8) is 0 Å². The van der Waals surface area contributed by atoms with E-state index >= 15 is 0 Å². The van der Waals surface area contributed by atoms with Crippen molar-refractivity contribution in [3.05, 3.63) is 0 Å². The zero-order valence-corrected chi connectivity index (χ0v) is 10.1. The molecule has 19 heavy (non-hydrogen) atoms. The summed E-state index contributed by atoms with van der Waals surface area (Å²) in [6, 6.07) is 0. The maximum atomic E-state index is 12.8. The predicted molar refractivity (Wildman–Crippen MR) is 51.0 cm³/mol. The molecule has 0 aromatic rings. The highest BCUT2D eigenvalue weighted by molar-refractivity contribution is 7.86. The lowest BCUT2D eigenvalue weighted by atomic mass is 9.89. The van der Waals surface area contributed by atoms with Crippen LogP contribution in [0.25, 0.3) is 0 Å². The summed E-state index contributed by atoms with van der Waals surface area (Å²) in [4.78, 5) is 11.6. The maximum Gasteiger partial charge on any atom is 0.367 e. The SMILES string of the molecule is O=C(OCC(F)(F)S(=O)(=O)[O-])C1CC2OC1C1OC21. The van der Waals surface area contributed by atoms with E-state index in [0.717, 1.165) is 0 Å². The molecular formula is C9H9F2O7S-. The van der Waals surface area contributed by atoms with Gasteiger partial charge in [0.25, 0.3) is 0 Å². The van der Waals surface area contributed by atoms with E-state index < -0.39 is 40.0 Å². The number of alkyl halides is 2. The molecule has 7 nitrogen and oxygen atoms in total. The van der Waals surface area contributed by atoms with E-state index in [9.17, 15) is 26.5 Å². The van der Waals surface area contributed by atoms with Gasteiger partial charge in [0, 0.05) is 0 Å². The molecule has 0 saturated carbocycles. The van der Waals surface area contributed by atoms with E-state index in [2.05, 4.69) is 4.74 Å². The second kappa shape index (κ2) is 3.84. The van der Waals surface area contributed by atoms with Gasteiger partial charge in [-0.05, 0) is 6.42 Å². The number of rotatable bonds is 4. The van der Waals surface area contributed by atoms with E-state index in [0.29, 0.717) is 6.42 Å². The lowest BCUT2D eigenvalue weighted by Gasteiger charge is -2.21. The van der Waals surface area contributed by atoms with Crippen molar-refractivity contribution in [1.82, 2.24) is 0 Å². The Hall–Kier alpha value is -0.840. The third-order valence-electron chi connectivity index (χ3n) is 3.52. The Balaban J connectivity index is 1.58. The van der Waals surface area contributed by atoms with Gasteiger partial charge in [0.15, 0.2) is 16.7 Å². The molecule has 3 aliphatic rings. The summed E-state index contributed by atoms with van der Waals surface area (Å²) in [6.45, 7) is -1.78. The molecule has 2 bridgehead atoms. The lowest BCUT2D eigenvalue weighted by Crippen LogP contribution is -2.38. The Kier molecular flexibility index (Phi) is 2.66. The van der Waals surface area contributed by atoms with Crippen LogP contribution >= 0.6 is 0 Å². The molecule has 3 heterocycles. The molecule has 0 aromatic carbocycles. The molecule has 108 valence electrons. The molecule has 0 radical (unpaired) electrons. The fourth-order valence-electron chi connectivity index (χ4n) is 2.52. The monoisotopic (exact) mass is 299 g/mol. The number of halogens is 2. The molecule has 5 unspecified atom stereocenters. The Morgan fingerprint density at radius 3 is 2.53 bits per heavy atom. The van der Waals surface area contributed by atoms with Gasteiger partial charge in [-0.25, -0.2) is 8.42 Å². The minimum Gasteiger partial charge on any atom is -0.743 e. The first-order chi connectivity index (χ1) is 8.71. The number of carbonyl (C=O) groups excluding carboxylic acids is 1. The number of ether oxygens (including phenoxy) is 3. The largest absolute Gasteiger partial charge is 0.743 e. The quantitative estimate of drug-likeness (QED) is 0.381. The molecular weight excluding hydrogens is 290 g/mol. The highest BCUT2D eigenvalue weighted by Gasteiger charge is 2.66. The average molecular weight is 299 g/mol. The Morgan fingerprint density at radius 2 is 2.00 bits per heavy atom. The summed E-state index contributed by atoms with van der Waals surface area (Å²) in [5, 5.41) is -4.63. The van der Waals surface area contributed by atoms with Crippen LogP contribution < -0.4 is 0 Å². The number of fused-ring (bicyclic) bond motifs is 5. The van der Waals surface area contributed by atoms with Gasteiger partial charge in [-0.1, -0.05) is 0 Å². The Morgan fingerprint density at radius 1 is 1.32 bits per heavy atom.